The summed E-state index contributed by atoms with van der Waals surface area (Å²) in [6, 6.07) is 10.3. The van der Waals surface area contributed by atoms with Crippen LogP contribution in [0.4, 0.5) is 5.13 Å². The minimum atomic E-state index is -0.445. The van der Waals surface area contributed by atoms with Crippen molar-refractivity contribution in [2.24, 2.45) is 0 Å². The van der Waals surface area contributed by atoms with Gasteiger partial charge in [-0.3, -0.25) is 9.69 Å². The average molecular weight is 465 g/mol. The second-order valence-electron chi connectivity index (χ2n) is 7.44. The number of anilines is 1. The summed E-state index contributed by atoms with van der Waals surface area (Å²) in [5.41, 5.74) is 2.67. The Morgan fingerprint density at radius 3 is 2.52 bits per heavy atom. The number of methoxy groups -OCH3 is 2. The van der Waals surface area contributed by atoms with Crippen molar-refractivity contribution in [1.29, 1.82) is 0 Å². The molecule has 0 atom stereocenters. The largest absolute Gasteiger partial charge is 0.494 e. The number of esters is 1. The fraction of sp³-hybridized carbons (Fsp3) is 0.250. The number of ether oxygens (including phenoxy) is 2. The molecule has 0 aliphatic heterocycles. The molecule has 0 aliphatic rings. The first-order valence-electron chi connectivity index (χ1n) is 10.4. The number of rotatable bonds is 8. The Hall–Kier alpha value is -3.72. The molecule has 0 saturated carbocycles. The predicted octanol–water partition coefficient (Wildman–Crippen LogP) is 4.33. The van der Waals surface area contributed by atoms with Crippen LogP contribution in [-0.2, 0) is 11.3 Å². The molecule has 0 aliphatic carbocycles. The highest BCUT2D eigenvalue weighted by molar-refractivity contribution is 7.22. The molecule has 33 heavy (non-hydrogen) atoms. The van der Waals surface area contributed by atoms with Gasteiger partial charge < -0.3 is 14.0 Å². The summed E-state index contributed by atoms with van der Waals surface area (Å²) in [6.45, 7) is 3.20. The van der Waals surface area contributed by atoms with E-state index in [1.165, 1.54) is 18.4 Å². The first kappa shape index (κ1) is 22.5. The van der Waals surface area contributed by atoms with Crippen molar-refractivity contribution in [3.8, 4) is 5.75 Å². The number of amides is 1. The van der Waals surface area contributed by atoms with Gasteiger partial charge in [0.1, 0.15) is 11.3 Å². The van der Waals surface area contributed by atoms with Crippen LogP contribution < -0.4 is 9.64 Å². The highest BCUT2D eigenvalue weighted by Gasteiger charge is 2.23. The van der Waals surface area contributed by atoms with E-state index in [-0.39, 0.29) is 5.91 Å². The van der Waals surface area contributed by atoms with Crippen molar-refractivity contribution in [3.05, 3.63) is 71.8 Å². The normalized spacial score (nSPS) is 10.9. The van der Waals surface area contributed by atoms with Gasteiger partial charge in [-0.05, 0) is 49.2 Å². The van der Waals surface area contributed by atoms with Crippen molar-refractivity contribution < 1.29 is 19.1 Å². The van der Waals surface area contributed by atoms with E-state index in [0.29, 0.717) is 35.0 Å². The van der Waals surface area contributed by atoms with E-state index in [9.17, 15) is 9.59 Å². The smallest absolute Gasteiger partial charge is 0.337 e. The Bertz CT molecular complexity index is 1270. The highest BCUT2D eigenvalue weighted by Crippen LogP contribution is 2.37. The van der Waals surface area contributed by atoms with Crippen LogP contribution in [0.15, 0.2) is 55.1 Å². The summed E-state index contributed by atoms with van der Waals surface area (Å²) < 4.78 is 13.2. The number of benzene rings is 2. The lowest BCUT2D eigenvalue weighted by atomic mass is 10.1. The molecule has 170 valence electrons. The van der Waals surface area contributed by atoms with E-state index in [0.717, 1.165) is 22.3 Å². The van der Waals surface area contributed by atoms with Gasteiger partial charge in [0.25, 0.3) is 5.91 Å². The molecule has 4 aromatic rings. The second kappa shape index (κ2) is 9.83. The fourth-order valence-corrected chi connectivity index (χ4v) is 4.59. The molecule has 0 bridgehead atoms. The Morgan fingerprint density at radius 2 is 1.85 bits per heavy atom. The molecular weight excluding hydrogens is 440 g/mol. The van der Waals surface area contributed by atoms with Gasteiger partial charge in [-0.1, -0.05) is 17.4 Å². The summed E-state index contributed by atoms with van der Waals surface area (Å²) in [5.74, 6) is 0.0407. The number of nitrogens with zero attached hydrogens (tertiary/aromatic N) is 4. The standard InChI is InChI=1S/C24H24N4O4S/c1-16-5-10-19(31-2)20-21(16)33-24(26-20)28(13-4-12-27-14-11-25-15-27)22(29)17-6-8-18(9-7-17)23(30)32-3/h5-11,14-15H,4,12-13H2,1-3H3. The van der Waals surface area contributed by atoms with Crippen molar-refractivity contribution >= 4 is 38.6 Å². The minimum absolute atomic E-state index is 0.187. The molecule has 0 unspecified atom stereocenters. The predicted molar refractivity (Wildman–Crippen MR) is 127 cm³/mol. The monoisotopic (exact) mass is 464 g/mol. The van der Waals surface area contributed by atoms with Gasteiger partial charge in [-0.2, -0.15) is 0 Å². The van der Waals surface area contributed by atoms with E-state index in [4.69, 9.17) is 14.5 Å². The number of aromatic nitrogens is 3. The lowest BCUT2D eigenvalue weighted by Crippen LogP contribution is -2.32. The third kappa shape index (κ3) is 4.73. The van der Waals surface area contributed by atoms with Crippen molar-refractivity contribution in [3.63, 3.8) is 0 Å². The number of fused-ring (bicyclic) bond motifs is 1. The van der Waals surface area contributed by atoms with Crippen molar-refractivity contribution in [2.75, 3.05) is 25.7 Å². The zero-order valence-electron chi connectivity index (χ0n) is 18.6. The van der Waals surface area contributed by atoms with Crippen LogP contribution >= 0.6 is 11.3 Å². The van der Waals surface area contributed by atoms with E-state index in [2.05, 4.69) is 4.98 Å². The van der Waals surface area contributed by atoms with Gasteiger partial charge >= 0.3 is 5.97 Å². The molecule has 0 saturated heterocycles. The summed E-state index contributed by atoms with van der Waals surface area (Å²) in [5, 5.41) is 0.602. The fourth-order valence-electron chi connectivity index (χ4n) is 3.52. The van der Waals surface area contributed by atoms with Gasteiger partial charge in [0.2, 0.25) is 0 Å². The molecule has 0 spiro atoms. The van der Waals surface area contributed by atoms with E-state index in [1.54, 1.807) is 48.8 Å². The van der Waals surface area contributed by atoms with Crippen molar-refractivity contribution in [2.45, 2.75) is 19.9 Å². The Balaban J connectivity index is 1.67. The van der Waals surface area contributed by atoms with Gasteiger partial charge in [0.05, 0.1) is 30.8 Å². The van der Waals surface area contributed by atoms with Gasteiger partial charge in [0.15, 0.2) is 5.13 Å². The number of thiazole rings is 1. The van der Waals surface area contributed by atoms with E-state index >= 15 is 0 Å². The van der Waals surface area contributed by atoms with Crippen LogP contribution in [0.2, 0.25) is 0 Å². The third-order valence-corrected chi connectivity index (χ3v) is 6.51. The average Bonchev–Trinajstić information content (AvgIpc) is 3.52. The van der Waals surface area contributed by atoms with Gasteiger partial charge in [-0.25, -0.2) is 14.8 Å². The maximum Gasteiger partial charge on any atom is 0.337 e. The summed E-state index contributed by atoms with van der Waals surface area (Å²) in [6.07, 6.45) is 6.09. The van der Waals surface area contributed by atoms with Gasteiger partial charge in [-0.15, -0.1) is 0 Å². The van der Waals surface area contributed by atoms with Gasteiger partial charge in [0, 0.05) is 31.0 Å². The number of hydrogen-bond acceptors (Lipinski definition) is 7. The molecule has 0 fully saturated rings. The second-order valence-corrected chi connectivity index (χ2v) is 8.42. The zero-order chi connectivity index (χ0) is 23.4. The number of carbonyl (C=O) groups is 2. The van der Waals surface area contributed by atoms with Crippen LogP contribution in [0.25, 0.3) is 10.2 Å². The maximum atomic E-state index is 13.5. The Morgan fingerprint density at radius 1 is 1.09 bits per heavy atom. The lowest BCUT2D eigenvalue weighted by Gasteiger charge is -2.20. The molecule has 4 rings (SSSR count). The van der Waals surface area contributed by atoms with E-state index < -0.39 is 5.97 Å². The maximum absolute atomic E-state index is 13.5. The first-order valence-corrected chi connectivity index (χ1v) is 11.2. The quantitative estimate of drug-likeness (QED) is 0.361. The number of aryl methyl sites for hydroxylation is 2. The summed E-state index contributed by atoms with van der Waals surface area (Å²) in [7, 11) is 2.94. The summed E-state index contributed by atoms with van der Waals surface area (Å²) in [4.78, 5) is 35.8. The zero-order valence-corrected chi connectivity index (χ0v) is 19.5. The Labute approximate surface area is 195 Å². The molecule has 2 aromatic heterocycles. The Kier molecular flexibility index (Phi) is 6.69. The molecule has 9 heteroatoms. The van der Waals surface area contributed by atoms with Crippen LogP contribution in [0, 0.1) is 6.92 Å². The molecule has 2 aromatic carbocycles. The summed E-state index contributed by atoms with van der Waals surface area (Å²) >= 11 is 1.46. The molecule has 0 N–H and O–H groups in total. The van der Waals surface area contributed by atoms with Crippen LogP contribution in [-0.4, -0.2) is 47.2 Å². The lowest BCUT2D eigenvalue weighted by molar-refractivity contribution is 0.0600. The molecule has 0 radical (unpaired) electrons. The third-order valence-electron chi connectivity index (χ3n) is 5.30. The number of hydrogen-bond donors (Lipinski definition) is 0. The number of imidazole rings is 1. The van der Waals surface area contributed by atoms with Crippen LogP contribution in [0.5, 0.6) is 5.75 Å². The minimum Gasteiger partial charge on any atom is -0.494 e. The number of carbonyl (C=O) groups excluding carboxylic acids is 2. The van der Waals surface area contributed by atoms with Crippen molar-refractivity contribution in [1.82, 2.24) is 14.5 Å². The molecule has 8 nitrogen and oxygen atoms in total. The SMILES string of the molecule is COC(=O)c1ccc(C(=O)N(CCCn2ccnc2)c2nc3c(OC)ccc(C)c3s2)cc1. The topological polar surface area (TPSA) is 86.6 Å². The van der Waals surface area contributed by atoms with Crippen LogP contribution in [0.1, 0.15) is 32.7 Å². The molecule has 2 heterocycles. The molecule has 1 amide bonds. The highest BCUT2D eigenvalue weighted by atomic mass is 32.1. The molecular formula is C24H24N4O4S. The van der Waals surface area contributed by atoms with Crippen LogP contribution in [0.3, 0.4) is 0 Å². The van der Waals surface area contributed by atoms with E-state index in [1.807, 2.05) is 29.8 Å². The first-order chi connectivity index (χ1) is 16.0.